The second-order valence-electron chi connectivity index (χ2n) is 10.3. The van der Waals surface area contributed by atoms with Crippen molar-refractivity contribution >= 4 is 53.2 Å². The molecule has 3 heterocycles. The largest absolute Gasteiger partial charge is 0.456 e. The molecule has 3 heteroatoms. The molecule has 186 valence electrons. The van der Waals surface area contributed by atoms with Gasteiger partial charge in [0.1, 0.15) is 11.5 Å². The minimum atomic E-state index is 0.858. The van der Waals surface area contributed by atoms with Gasteiger partial charge in [0, 0.05) is 31.1 Å². The third-order valence-electron chi connectivity index (χ3n) is 8.06. The molecule has 0 unspecified atom stereocenters. The molecular formula is C37H21NOS. The van der Waals surface area contributed by atoms with E-state index in [-0.39, 0.29) is 0 Å². The average Bonchev–Trinajstić information content (AvgIpc) is 3.40. The van der Waals surface area contributed by atoms with Crippen LogP contribution in [-0.2, 0) is 0 Å². The van der Waals surface area contributed by atoms with Crippen molar-refractivity contribution in [3.8, 4) is 45.0 Å². The summed E-state index contributed by atoms with van der Waals surface area (Å²) in [7, 11) is 0. The standard InChI is InChI=1S/C37H21NOS/c1-3-15-32-29(11-1)36-35-27(13-7-16-33(35)39-32)30-21-23(18-19-31(30)38-36)22-8-5-9-24(20-22)25-12-6-14-28-26-10-2-4-17-34(26)40-37(25)28/h1-21H. The van der Waals surface area contributed by atoms with Gasteiger partial charge in [0.05, 0.1) is 16.6 Å². The molecule has 0 bridgehead atoms. The van der Waals surface area contributed by atoms with Crippen LogP contribution in [0.2, 0.25) is 0 Å². The zero-order valence-electron chi connectivity index (χ0n) is 21.4. The third-order valence-corrected chi connectivity index (χ3v) is 9.28. The molecule has 0 saturated carbocycles. The van der Waals surface area contributed by atoms with Crippen LogP contribution in [0.4, 0.5) is 0 Å². The van der Waals surface area contributed by atoms with E-state index in [1.807, 2.05) is 35.6 Å². The molecule has 2 nitrogen and oxygen atoms in total. The quantitative estimate of drug-likeness (QED) is 0.209. The van der Waals surface area contributed by atoms with Gasteiger partial charge < -0.3 is 4.74 Å². The van der Waals surface area contributed by atoms with Gasteiger partial charge >= 0.3 is 0 Å². The Hall–Kier alpha value is -4.99. The number of aromatic nitrogens is 1. The highest BCUT2D eigenvalue weighted by atomic mass is 32.1. The summed E-state index contributed by atoms with van der Waals surface area (Å²) in [6, 6.07) is 45.4. The number of benzene rings is 6. The fourth-order valence-electron chi connectivity index (χ4n) is 6.20. The highest BCUT2D eigenvalue weighted by Crippen LogP contribution is 2.47. The first-order valence-electron chi connectivity index (χ1n) is 13.5. The summed E-state index contributed by atoms with van der Waals surface area (Å²) < 4.78 is 8.96. The number of rotatable bonds is 2. The van der Waals surface area contributed by atoms with Crippen LogP contribution >= 0.6 is 11.3 Å². The minimum absolute atomic E-state index is 0.858. The van der Waals surface area contributed by atoms with Crippen molar-refractivity contribution < 1.29 is 4.74 Å². The van der Waals surface area contributed by atoms with Crippen LogP contribution in [0.25, 0.3) is 75.4 Å². The van der Waals surface area contributed by atoms with E-state index < -0.39 is 0 Å². The zero-order chi connectivity index (χ0) is 26.2. The fourth-order valence-corrected chi connectivity index (χ4v) is 7.43. The average molecular weight is 528 g/mol. The molecule has 0 atom stereocenters. The normalized spacial score (nSPS) is 12.2. The van der Waals surface area contributed by atoms with E-state index >= 15 is 0 Å². The van der Waals surface area contributed by atoms with Crippen molar-refractivity contribution in [3.05, 3.63) is 127 Å². The van der Waals surface area contributed by atoms with Gasteiger partial charge in [0.15, 0.2) is 0 Å². The predicted molar refractivity (Wildman–Crippen MR) is 169 cm³/mol. The molecule has 40 heavy (non-hydrogen) atoms. The number of thiophene rings is 1. The van der Waals surface area contributed by atoms with Crippen LogP contribution in [0, 0.1) is 0 Å². The van der Waals surface area contributed by atoms with Crippen molar-refractivity contribution in [2.24, 2.45) is 0 Å². The molecule has 9 rings (SSSR count). The molecule has 0 N–H and O–H groups in total. The Balaban J connectivity index is 1.23. The first-order chi connectivity index (χ1) is 19.8. The summed E-state index contributed by atoms with van der Waals surface area (Å²) in [5.41, 5.74) is 7.91. The summed E-state index contributed by atoms with van der Waals surface area (Å²) in [6.07, 6.45) is 0. The Kier molecular flexibility index (Phi) is 4.52. The molecule has 0 fully saturated rings. The molecule has 6 aromatic carbocycles. The topological polar surface area (TPSA) is 22.1 Å². The summed E-state index contributed by atoms with van der Waals surface area (Å²) in [5, 5.41) is 6.03. The van der Waals surface area contributed by atoms with Gasteiger partial charge in [-0.15, -0.1) is 11.3 Å². The lowest BCUT2D eigenvalue weighted by Gasteiger charge is -2.21. The maximum Gasteiger partial charge on any atom is 0.137 e. The van der Waals surface area contributed by atoms with Gasteiger partial charge in [-0.1, -0.05) is 84.9 Å². The maximum atomic E-state index is 6.30. The number of nitrogens with zero attached hydrogens (tertiary/aromatic N) is 1. The fraction of sp³-hybridized carbons (Fsp3) is 0. The maximum absolute atomic E-state index is 6.30. The Morgan fingerprint density at radius 1 is 0.500 bits per heavy atom. The highest BCUT2D eigenvalue weighted by molar-refractivity contribution is 7.26. The van der Waals surface area contributed by atoms with Crippen LogP contribution in [0.15, 0.2) is 127 Å². The lowest BCUT2D eigenvalue weighted by atomic mass is 9.94. The van der Waals surface area contributed by atoms with E-state index in [9.17, 15) is 0 Å². The number of hydrogen-bond acceptors (Lipinski definition) is 3. The van der Waals surface area contributed by atoms with Crippen molar-refractivity contribution in [1.82, 2.24) is 4.98 Å². The van der Waals surface area contributed by atoms with Gasteiger partial charge in [-0.3, -0.25) is 0 Å². The van der Waals surface area contributed by atoms with E-state index in [2.05, 4.69) is 103 Å². The molecule has 1 aliphatic rings. The lowest BCUT2D eigenvalue weighted by molar-refractivity contribution is 0.486. The van der Waals surface area contributed by atoms with Crippen molar-refractivity contribution in [2.75, 3.05) is 0 Å². The monoisotopic (exact) mass is 527 g/mol. The second-order valence-corrected chi connectivity index (χ2v) is 11.4. The molecule has 8 aromatic rings. The van der Waals surface area contributed by atoms with Crippen LogP contribution in [0.3, 0.4) is 0 Å². The van der Waals surface area contributed by atoms with E-state index in [0.29, 0.717) is 0 Å². The van der Waals surface area contributed by atoms with E-state index in [4.69, 9.17) is 9.72 Å². The molecular weight excluding hydrogens is 506 g/mol. The Labute approximate surface area is 234 Å². The molecule has 0 amide bonds. The van der Waals surface area contributed by atoms with Gasteiger partial charge in [0.25, 0.3) is 0 Å². The third kappa shape index (κ3) is 3.13. The molecule has 0 spiro atoms. The summed E-state index contributed by atoms with van der Waals surface area (Å²) >= 11 is 1.87. The van der Waals surface area contributed by atoms with E-state index in [1.165, 1.54) is 47.8 Å². The molecule has 0 aliphatic carbocycles. The number of fused-ring (bicyclic) bond motifs is 7. The lowest BCUT2D eigenvalue weighted by Crippen LogP contribution is -1.99. The van der Waals surface area contributed by atoms with Crippen LogP contribution in [0.5, 0.6) is 11.5 Å². The number of pyridine rings is 1. The van der Waals surface area contributed by atoms with E-state index in [0.717, 1.165) is 39.0 Å². The summed E-state index contributed by atoms with van der Waals surface area (Å²) in [5.74, 6) is 1.72. The summed E-state index contributed by atoms with van der Waals surface area (Å²) in [6.45, 7) is 0. The van der Waals surface area contributed by atoms with E-state index in [1.54, 1.807) is 0 Å². The number of para-hydroxylation sites is 1. The SMILES string of the molecule is c1cc(-c2ccc3nc4c5c(cccc5c3c2)Oc2ccccc2-4)cc(-c2cccc3c2sc2ccccc23)c1. The van der Waals surface area contributed by atoms with Gasteiger partial charge in [0.2, 0.25) is 0 Å². The molecule has 2 aromatic heterocycles. The Morgan fingerprint density at radius 3 is 2.23 bits per heavy atom. The smallest absolute Gasteiger partial charge is 0.137 e. The Bertz CT molecular complexity index is 2310. The number of ether oxygens (including phenoxy) is 1. The first kappa shape index (κ1) is 21.9. The van der Waals surface area contributed by atoms with Gasteiger partial charge in [-0.05, 0) is 70.1 Å². The Morgan fingerprint density at radius 2 is 1.23 bits per heavy atom. The molecule has 1 aliphatic heterocycles. The minimum Gasteiger partial charge on any atom is -0.456 e. The van der Waals surface area contributed by atoms with Crippen LogP contribution < -0.4 is 4.74 Å². The number of hydrogen-bond donors (Lipinski definition) is 0. The van der Waals surface area contributed by atoms with Gasteiger partial charge in [-0.2, -0.15) is 0 Å². The van der Waals surface area contributed by atoms with Crippen LogP contribution in [0.1, 0.15) is 0 Å². The molecule has 0 saturated heterocycles. The van der Waals surface area contributed by atoms with Gasteiger partial charge in [-0.25, -0.2) is 4.98 Å². The van der Waals surface area contributed by atoms with Crippen molar-refractivity contribution in [1.29, 1.82) is 0 Å². The van der Waals surface area contributed by atoms with Crippen molar-refractivity contribution in [3.63, 3.8) is 0 Å². The zero-order valence-corrected chi connectivity index (χ0v) is 22.2. The first-order valence-corrected chi connectivity index (χ1v) is 14.3. The van der Waals surface area contributed by atoms with Crippen LogP contribution in [-0.4, -0.2) is 4.98 Å². The predicted octanol–water partition coefficient (Wildman–Crippen LogP) is 10.9. The summed E-state index contributed by atoms with van der Waals surface area (Å²) in [4.78, 5) is 5.15. The highest BCUT2D eigenvalue weighted by Gasteiger charge is 2.22. The second kappa shape index (κ2) is 8.25. The molecule has 0 radical (unpaired) electrons. The van der Waals surface area contributed by atoms with Crippen molar-refractivity contribution in [2.45, 2.75) is 0 Å².